The summed E-state index contributed by atoms with van der Waals surface area (Å²) < 4.78 is 50.0. The van der Waals surface area contributed by atoms with E-state index in [2.05, 4.69) is 50.0 Å². The fourth-order valence-corrected chi connectivity index (χ4v) is 9.07. The second kappa shape index (κ2) is 44.9. The van der Waals surface area contributed by atoms with Gasteiger partial charge in [-0.15, -0.1) is 0 Å². The first kappa shape index (κ1) is 68.9. The van der Waals surface area contributed by atoms with Gasteiger partial charge in [-0.25, -0.2) is 4.79 Å². The van der Waals surface area contributed by atoms with Crippen LogP contribution in [-0.2, 0) is 61.8 Å². The lowest BCUT2D eigenvalue weighted by atomic mass is 9.98. The van der Waals surface area contributed by atoms with Gasteiger partial charge in [0.15, 0.2) is 0 Å². The highest BCUT2D eigenvalue weighted by molar-refractivity contribution is 5.81. The van der Waals surface area contributed by atoms with Crippen molar-refractivity contribution in [2.75, 3.05) is 230 Å². The summed E-state index contributed by atoms with van der Waals surface area (Å²) in [7, 11) is 0. The van der Waals surface area contributed by atoms with E-state index in [4.69, 9.17) is 59.8 Å². The molecule has 1 aliphatic carbocycles. The van der Waals surface area contributed by atoms with Crippen molar-refractivity contribution in [2.45, 2.75) is 31.6 Å². The molecule has 2 aromatic carbocycles. The topological polar surface area (TPSA) is 296 Å². The number of ketones is 2. The molecule has 0 radical (unpaired) electrons. The number of amides is 3. The minimum Gasteiger partial charge on any atom is -0.449 e. The van der Waals surface area contributed by atoms with Crippen LogP contribution in [0.1, 0.15) is 42.7 Å². The SMILES string of the molecule is NCCOCCOCCCC(=O)CN1CCN(CC(=O)CCCOCCOCCNC(=O)OCC2c3ccccc3-c3ccccc32)CCN(CC(=O)NCCOCCOCCN)CCN(CC(=O)NCCOCCOCCN)CC1. The quantitative estimate of drug-likeness (QED) is 0.0464. The van der Waals surface area contributed by atoms with E-state index in [9.17, 15) is 24.0 Å². The molecule has 0 aromatic heterocycles. The molecule has 9 N–H and O–H groups in total. The second-order valence-corrected chi connectivity index (χ2v) is 19.6. The van der Waals surface area contributed by atoms with Crippen molar-refractivity contribution in [3.8, 4) is 11.1 Å². The Morgan fingerprint density at radius 1 is 0.407 bits per heavy atom. The standard InChI is InChI=1S/C57H96N10O14/c58-13-29-75-37-35-73-27-5-7-48(68)43-64-19-20-65(44-49(69)8-6-28-74-36-40-80-34-18-63-57(72)81-47-54-52-11-3-1-9-50(52)51-10-2-4-12-53(51)54)22-24-67(46-56(71)62-17-33-79-42-39-77-31-15-60)26-25-66(23-21-64)45-55(70)61-16-32-78-41-38-76-30-14-59/h1-4,9-12,54H,5-8,13-47,58-60H2,(H,61,70)(H,62,71)(H,63,72). The summed E-state index contributed by atoms with van der Waals surface area (Å²) in [5.41, 5.74) is 21.1. The molecule has 24 heteroatoms. The largest absolute Gasteiger partial charge is 0.449 e. The van der Waals surface area contributed by atoms with Crippen molar-refractivity contribution in [3.63, 3.8) is 0 Å². The zero-order valence-corrected chi connectivity index (χ0v) is 48.0. The molecule has 2 aromatic rings. The maximum absolute atomic E-state index is 13.6. The predicted octanol–water partition coefficient (Wildman–Crippen LogP) is -0.313. The van der Waals surface area contributed by atoms with Crippen LogP contribution in [0.25, 0.3) is 11.1 Å². The molecule has 3 amide bonds. The minimum atomic E-state index is -0.500. The van der Waals surface area contributed by atoms with Crippen molar-refractivity contribution < 1.29 is 66.6 Å². The van der Waals surface area contributed by atoms with Crippen molar-refractivity contribution in [2.24, 2.45) is 17.2 Å². The Hall–Kier alpha value is -4.61. The van der Waals surface area contributed by atoms with Crippen LogP contribution >= 0.6 is 0 Å². The molecule has 1 heterocycles. The van der Waals surface area contributed by atoms with E-state index in [0.29, 0.717) is 210 Å². The van der Waals surface area contributed by atoms with E-state index in [1.807, 2.05) is 34.1 Å². The first-order valence-electron chi connectivity index (χ1n) is 29.0. The van der Waals surface area contributed by atoms with E-state index >= 15 is 0 Å². The summed E-state index contributed by atoms with van der Waals surface area (Å²) in [5.74, 6) is -0.229. The van der Waals surface area contributed by atoms with Gasteiger partial charge in [0.25, 0.3) is 0 Å². The van der Waals surface area contributed by atoms with Crippen LogP contribution in [-0.4, -0.2) is 279 Å². The number of alkyl carbamates (subject to hydrolysis) is 1. The highest BCUT2D eigenvalue weighted by Crippen LogP contribution is 2.44. The molecule has 1 saturated heterocycles. The van der Waals surface area contributed by atoms with Crippen molar-refractivity contribution in [1.82, 2.24) is 35.6 Å². The van der Waals surface area contributed by atoms with Crippen LogP contribution in [0.15, 0.2) is 48.5 Å². The van der Waals surface area contributed by atoms with Crippen LogP contribution in [0.3, 0.4) is 0 Å². The van der Waals surface area contributed by atoms with Crippen molar-refractivity contribution in [1.29, 1.82) is 0 Å². The molecule has 2 aliphatic rings. The summed E-state index contributed by atoms with van der Waals surface area (Å²) in [4.78, 5) is 74.4. The lowest BCUT2D eigenvalue weighted by molar-refractivity contribution is -0.124. The van der Waals surface area contributed by atoms with Crippen LogP contribution in [0.5, 0.6) is 0 Å². The van der Waals surface area contributed by atoms with Crippen LogP contribution in [0.4, 0.5) is 4.79 Å². The van der Waals surface area contributed by atoms with Crippen LogP contribution in [0, 0.1) is 0 Å². The number of carbonyl (C=O) groups is 5. The molecule has 1 aliphatic heterocycles. The molecular formula is C57H96N10O14. The van der Waals surface area contributed by atoms with Crippen molar-refractivity contribution >= 4 is 29.5 Å². The second-order valence-electron chi connectivity index (χ2n) is 19.6. The Labute approximate surface area is 479 Å². The normalized spacial score (nSPS) is 14.9. The molecule has 1 fully saturated rings. The Balaban J connectivity index is 1.25. The van der Waals surface area contributed by atoms with Crippen LogP contribution < -0.4 is 33.2 Å². The van der Waals surface area contributed by atoms with Gasteiger partial charge in [-0.1, -0.05) is 48.5 Å². The van der Waals surface area contributed by atoms with Gasteiger partial charge >= 0.3 is 6.09 Å². The molecule has 81 heavy (non-hydrogen) atoms. The Morgan fingerprint density at radius 2 is 0.728 bits per heavy atom. The summed E-state index contributed by atoms with van der Waals surface area (Å²) in [6.07, 6.45) is 1.25. The molecule has 458 valence electrons. The lowest BCUT2D eigenvalue weighted by Gasteiger charge is -2.33. The third kappa shape index (κ3) is 31.6. The van der Waals surface area contributed by atoms with Crippen molar-refractivity contribution in [3.05, 3.63) is 59.7 Å². The summed E-state index contributed by atoms with van der Waals surface area (Å²) in [5, 5.41) is 8.65. The van der Waals surface area contributed by atoms with E-state index in [1.165, 1.54) is 11.1 Å². The maximum Gasteiger partial charge on any atom is 0.407 e. The van der Waals surface area contributed by atoms with Gasteiger partial charge in [0.2, 0.25) is 11.8 Å². The predicted molar refractivity (Wildman–Crippen MR) is 307 cm³/mol. The summed E-state index contributed by atoms with van der Waals surface area (Å²) in [6, 6.07) is 16.4. The maximum atomic E-state index is 13.6. The van der Waals surface area contributed by atoms with E-state index in [0.717, 1.165) is 11.1 Å². The molecule has 0 spiro atoms. The van der Waals surface area contributed by atoms with Crippen LogP contribution in [0.2, 0.25) is 0 Å². The molecule has 0 unspecified atom stereocenters. The smallest absolute Gasteiger partial charge is 0.407 e. The molecular weight excluding hydrogens is 1050 g/mol. The molecule has 24 nitrogen and oxygen atoms in total. The minimum absolute atomic E-state index is 0.0177. The average molecular weight is 1150 g/mol. The number of hydrogen-bond donors (Lipinski definition) is 6. The highest BCUT2D eigenvalue weighted by Gasteiger charge is 2.29. The Morgan fingerprint density at radius 3 is 1.10 bits per heavy atom. The van der Waals surface area contributed by atoms with Gasteiger partial charge in [-0.2, -0.15) is 0 Å². The number of benzene rings is 2. The third-order valence-electron chi connectivity index (χ3n) is 13.2. The first-order valence-corrected chi connectivity index (χ1v) is 29.0. The number of carbonyl (C=O) groups excluding carboxylic acids is 5. The number of Topliss-reactive ketones (excluding diaryl/α,β-unsaturated/α-hetero) is 2. The van der Waals surface area contributed by atoms with E-state index in [1.54, 1.807) is 0 Å². The lowest BCUT2D eigenvalue weighted by Crippen LogP contribution is -2.50. The van der Waals surface area contributed by atoms with E-state index < -0.39 is 6.09 Å². The monoisotopic (exact) mass is 1140 g/mol. The number of hydrogen-bond acceptors (Lipinski definition) is 21. The Kier molecular flexibility index (Phi) is 38.2. The third-order valence-corrected chi connectivity index (χ3v) is 13.2. The number of ether oxygens (including phenoxy) is 9. The van der Waals surface area contributed by atoms with Gasteiger partial charge in [-0.3, -0.25) is 38.8 Å². The zero-order chi connectivity index (χ0) is 57.8. The molecule has 4 rings (SSSR count). The number of nitrogens with zero attached hydrogens (tertiary/aromatic N) is 4. The van der Waals surface area contributed by atoms with Gasteiger partial charge in [-0.05, 0) is 35.1 Å². The molecule has 0 saturated carbocycles. The zero-order valence-electron chi connectivity index (χ0n) is 48.0. The van der Waals surface area contributed by atoms with Gasteiger partial charge < -0.3 is 75.8 Å². The first-order chi connectivity index (χ1) is 39.7. The number of nitrogens with one attached hydrogen (secondary N) is 3. The Bertz CT molecular complexity index is 1930. The number of nitrogens with two attached hydrogens (primary N) is 3. The van der Waals surface area contributed by atoms with Gasteiger partial charge in [0, 0.05) is 124 Å². The fraction of sp³-hybridized carbons (Fsp3) is 0.702. The fourth-order valence-electron chi connectivity index (χ4n) is 9.07. The molecule has 0 atom stereocenters. The number of rotatable bonds is 45. The highest BCUT2D eigenvalue weighted by atomic mass is 16.6. The van der Waals surface area contributed by atoms with Gasteiger partial charge in [0.05, 0.1) is 119 Å². The average Bonchev–Trinajstić information content (AvgIpc) is 3.99. The molecule has 0 bridgehead atoms. The summed E-state index contributed by atoms with van der Waals surface area (Å²) >= 11 is 0. The summed E-state index contributed by atoms with van der Waals surface area (Å²) in [6.45, 7) is 13.3. The number of fused-ring (bicyclic) bond motifs is 3. The van der Waals surface area contributed by atoms with E-state index in [-0.39, 0.29) is 75.2 Å². The van der Waals surface area contributed by atoms with Gasteiger partial charge in [0.1, 0.15) is 18.2 Å².